The zero-order valence-electron chi connectivity index (χ0n) is 18.8. The standard InChI is InChI=1S/C25H27FN4O3/c1-32-9-8-30-7-6-16(14-30)24-23-21(11-15-4-3-5-18(10-15)33-2)28-29-25(31)19-12-17(26)13-20(27-24)22(19)23/h3-5,10,12-13,16,27H,6-9,11,14H2,1-2H3,(H,29,31). The number of likely N-dealkylation sites (tertiary alicyclic amines) is 1. The Morgan fingerprint density at radius 3 is 2.94 bits per heavy atom. The van der Waals surface area contributed by atoms with Gasteiger partial charge in [0.1, 0.15) is 11.6 Å². The zero-order chi connectivity index (χ0) is 22.9. The van der Waals surface area contributed by atoms with Gasteiger partial charge in [-0.15, -0.1) is 0 Å². The van der Waals surface area contributed by atoms with Crippen molar-refractivity contribution < 1.29 is 18.7 Å². The molecule has 0 aliphatic carbocycles. The van der Waals surface area contributed by atoms with E-state index in [1.807, 2.05) is 24.3 Å². The van der Waals surface area contributed by atoms with Crippen LogP contribution in [0.4, 0.5) is 4.39 Å². The van der Waals surface area contributed by atoms with Crippen LogP contribution in [0.15, 0.2) is 41.5 Å². The van der Waals surface area contributed by atoms with Crippen molar-refractivity contribution in [2.45, 2.75) is 18.8 Å². The SMILES string of the molecule is COCCN1CCC(c2[nH]c3cc(F)cc4c3c2C(Cc2cccc(OC)c2)=NNC4=O)C1. The normalized spacial score (nSPS) is 18.3. The predicted molar refractivity (Wildman–Crippen MR) is 125 cm³/mol. The quantitative estimate of drug-likeness (QED) is 0.578. The number of hydrazone groups is 1. The number of benzene rings is 2. The van der Waals surface area contributed by atoms with Crippen LogP contribution in [0.25, 0.3) is 10.9 Å². The second kappa shape index (κ2) is 8.96. The van der Waals surface area contributed by atoms with E-state index in [-0.39, 0.29) is 5.92 Å². The second-order valence-electron chi connectivity index (χ2n) is 8.60. The maximum atomic E-state index is 14.4. The van der Waals surface area contributed by atoms with Crippen LogP contribution >= 0.6 is 0 Å². The van der Waals surface area contributed by atoms with Gasteiger partial charge in [-0.1, -0.05) is 12.1 Å². The molecule has 3 heterocycles. The van der Waals surface area contributed by atoms with Gasteiger partial charge in [-0.25, -0.2) is 9.82 Å². The minimum absolute atomic E-state index is 0.226. The Hall–Kier alpha value is -3.23. The zero-order valence-corrected chi connectivity index (χ0v) is 18.8. The second-order valence-corrected chi connectivity index (χ2v) is 8.60. The van der Waals surface area contributed by atoms with Crippen LogP contribution in [0.5, 0.6) is 5.75 Å². The van der Waals surface area contributed by atoms with Crippen LogP contribution in [-0.4, -0.2) is 62.0 Å². The minimum atomic E-state index is -0.448. The largest absolute Gasteiger partial charge is 0.497 e. The summed E-state index contributed by atoms with van der Waals surface area (Å²) in [5.74, 6) is 0.137. The molecule has 3 aromatic rings. The van der Waals surface area contributed by atoms with Gasteiger partial charge in [0, 0.05) is 49.2 Å². The third-order valence-electron chi connectivity index (χ3n) is 6.52. The summed E-state index contributed by atoms with van der Waals surface area (Å²) in [7, 11) is 3.34. The first-order valence-corrected chi connectivity index (χ1v) is 11.1. The summed E-state index contributed by atoms with van der Waals surface area (Å²) >= 11 is 0. The lowest BCUT2D eigenvalue weighted by Gasteiger charge is -2.16. The maximum absolute atomic E-state index is 14.4. The Kier molecular flexibility index (Phi) is 5.86. The van der Waals surface area contributed by atoms with Gasteiger partial charge in [0.05, 0.1) is 30.5 Å². The van der Waals surface area contributed by atoms with Crippen LogP contribution in [0, 0.1) is 5.82 Å². The number of hydrogen-bond acceptors (Lipinski definition) is 5. The highest BCUT2D eigenvalue weighted by atomic mass is 19.1. The third kappa shape index (κ3) is 4.12. The van der Waals surface area contributed by atoms with E-state index in [1.54, 1.807) is 14.2 Å². The molecule has 1 saturated heterocycles. The summed E-state index contributed by atoms with van der Waals surface area (Å²) in [6.07, 6.45) is 1.48. The molecule has 0 radical (unpaired) electrons. The van der Waals surface area contributed by atoms with Crippen molar-refractivity contribution >= 4 is 22.5 Å². The van der Waals surface area contributed by atoms with Gasteiger partial charge in [-0.3, -0.25) is 4.79 Å². The van der Waals surface area contributed by atoms with Crippen LogP contribution in [0.2, 0.25) is 0 Å². The van der Waals surface area contributed by atoms with E-state index >= 15 is 0 Å². The lowest BCUT2D eigenvalue weighted by atomic mass is 9.92. The molecule has 1 aromatic heterocycles. The molecular formula is C25H27FN4O3. The number of carbonyl (C=O) groups excluding carboxylic acids is 1. The highest BCUT2D eigenvalue weighted by Crippen LogP contribution is 2.37. The Morgan fingerprint density at radius 1 is 1.24 bits per heavy atom. The van der Waals surface area contributed by atoms with Gasteiger partial charge in [0.15, 0.2) is 0 Å². The van der Waals surface area contributed by atoms with Gasteiger partial charge in [0.25, 0.3) is 5.91 Å². The van der Waals surface area contributed by atoms with Crippen molar-refractivity contribution in [1.82, 2.24) is 15.3 Å². The number of aromatic amines is 1. The number of amides is 1. The third-order valence-corrected chi connectivity index (χ3v) is 6.52. The first-order chi connectivity index (χ1) is 16.1. The molecule has 0 bridgehead atoms. The van der Waals surface area contributed by atoms with Gasteiger partial charge < -0.3 is 19.4 Å². The Labute approximate surface area is 191 Å². The van der Waals surface area contributed by atoms with E-state index in [2.05, 4.69) is 20.4 Å². The van der Waals surface area contributed by atoms with Crippen molar-refractivity contribution in [1.29, 1.82) is 0 Å². The van der Waals surface area contributed by atoms with Crippen molar-refractivity contribution in [2.75, 3.05) is 40.5 Å². The number of carbonyl (C=O) groups is 1. The van der Waals surface area contributed by atoms with Crippen LogP contribution in [0.1, 0.15) is 39.5 Å². The molecule has 1 atom stereocenters. The highest BCUT2D eigenvalue weighted by molar-refractivity contribution is 6.20. The fraction of sp³-hybridized carbons (Fsp3) is 0.360. The van der Waals surface area contributed by atoms with Gasteiger partial charge in [0.2, 0.25) is 0 Å². The monoisotopic (exact) mass is 450 g/mol. The number of nitrogens with zero attached hydrogens (tertiary/aromatic N) is 2. The molecule has 1 unspecified atom stereocenters. The molecule has 172 valence electrons. The van der Waals surface area contributed by atoms with Gasteiger partial charge in [-0.05, 0) is 42.8 Å². The molecule has 2 aliphatic rings. The molecule has 33 heavy (non-hydrogen) atoms. The Balaban J connectivity index is 1.60. The predicted octanol–water partition coefficient (Wildman–Crippen LogP) is 3.44. The molecule has 5 rings (SSSR count). The molecule has 0 saturated carbocycles. The number of rotatable bonds is 7. The van der Waals surface area contributed by atoms with Crippen molar-refractivity contribution in [3.05, 3.63) is 64.6 Å². The molecule has 2 aliphatic heterocycles. The van der Waals surface area contributed by atoms with Crippen molar-refractivity contribution in [3.8, 4) is 5.75 Å². The number of aromatic nitrogens is 1. The van der Waals surface area contributed by atoms with Crippen molar-refractivity contribution in [2.24, 2.45) is 5.10 Å². The van der Waals surface area contributed by atoms with Crippen LogP contribution < -0.4 is 10.2 Å². The van der Waals surface area contributed by atoms with E-state index < -0.39 is 11.7 Å². The van der Waals surface area contributed by atoms with E-state index in [1.165, 1.54) is 12.1 Å². The Morgan fingerprint density at radius 2 is 2.12 bits per heavy atom. The molecule has 2 aromatic carbocycles. The fourth-order valence-electron chi connectivity index (χ4n) is 4.93. The average molecular weight is 451 g/mol. The molecule has 0 spiro atoms. The van der Waals surface area contributed by atoms with E-state index in [0.717, 1.165) is 59.7 Å². The first-order valence-electron chi connectivity index (χ1n) is 11.1. The number of ether oxygens (including phenoxy) is 2. The van der Waals surface area contributed by atoms with E-state index in [0.29, 0.717) is 24.1 Å². The number of H-pyrrole nitrogens is 1. The van der Waals surface area contributed by atoms with E-state index in [9.17, 15) is 9.18 Å². The molecule has 2 N–H and O–H groups in total. The summed E-state index contributed by atoms with van der Waals surface area (Å²) in [5.41, 5.74) is 7.24. The molecule has 1 amide bonds. The first kappa shape index (κ1) is 21.6. The highest BCUT2D eigenvalue weighted by Gasteiger charge is 2.32. The molecular weight excluding hydrogens is 423 g/mol. The lowest BCUT2D eigenvalue weighted by molar-refractivity contribution is 0.0956. The lowest BCUT2D eigenvalue weighted by Crippen LogP contribution is -2.25. The van der Waals surface area contributed by atoms with Crippen molar-refractivity contribution in [3.63, 3.8) is 0 Å². The number of hydrogen-bond donors (Lipinski definition) is 2. The van der Waals surface area contributed by atoms with Gasteiger partial charge in [-0.2, -0.15) is 5.10 Å². The number of methoxy groups -OCH3 is 2. The van der Waals surface area contributed by atoms with Crippen LogP contribution in [0.3, 0.4) is 0 Å². The van der Waals surface area contributed by atoms with Crippen LogP contribution in [-0.2, 0) is 11.2 Å². The fourth-order valence-corrected chi connectivity index (χ4v) is 4.93. The topological polar surface area (TPSA) is 78.9 Å². The molecule has 1 fully saturated rings. The summed E-state index contributed by atoms with van der Waals surface area (Å²) in [6.45, 7) is 3.38. The van der Waals surface area contributed by atoms with E-state index in [4.69, 9.17) is 9.47 Å². The Bertz CT molecular complexity index is 1240. The molecule has 8 heteroatoms. The number of nitrogens with one attached hydrogen (secondary N) is 2. The minimum Gasteiger partial charge on any atom is -0.497 e. The average Bonchev–Trinajstić information content (AvgIpc) is 3.41. The smallest absolute Gasteiger partial charge is 0.272 e. The number of halogens is 1. The summed E-state index contributed by atoms with van der Waals surface area (Å²) in [5, 5.41) is 5.23. The maximum Gasteiger partial charge on any atom is 0.272 e. The summed E-state index contributed by atoms with van der Waals surface area (Å²) in [4.78, 5) is 18.6. The molecule has 7 nitrogen and oxygen atoms in total. The summed E-state index contributed by atoms with van der Waals surface area (Å²) < 4.78 is 25.0. The van der Waals surface area contributed by atoms with Gasteiger partial charge >= 0.3 is 0 Å². The summed E-state index contributed by atoms with van der Waals surface area (Å²) in [6, 6.07) is 10.6.